The Labute approximate surface area is 148 Å². The van der Waals surface area contributed by atoms with Gasteiger partial charge in [-0.3, -0.25) is 9.59 Å². The summed E-state index contributed by atoms with van der Waals surface area (Å²) in [4.78, 5) is 33.0. The van der Waals surface area contributed by atoms with Crippen LogP contribution >= 0.6 is 0 Å². The summed E-state index contributed by atoms with van der Waals surface area (Å²) >= 11 is 0. The van der Waals surface area contributed by atoms with Crippen molar-refractivity contribution >= 4 is 17.5 Å². The number of aryl methyl sites for hydroxylation is 3. The van der Waals surface area contributed by atoms with Crippen LogP contribution in [0.5, 0.6) is 0 Å². The molecular weight excluding hydrogens is 316 g/mol. The Morgan fingerprint density at radius 2 is 1.68 bits per heavy atom. The molecule has 1 heterocycles. The summed E-state index contributed by atoms with van der Waals surface area (Å²) in [5.41, 5.74) is 3.68. The van der Waals surface area contributed by atoms with E-state index in [0.717, 1.165) is 5.56 Å². The third kappa shape index (κ3) is 4.62. The van der Waals surface area contributed by atoms with Crippen molar-refractivity contribution in [2.75, 3.05) is 11.9 Å². The van der Waals surface area contributed by atoms with Crippen LogP contribution in [-0.4, -0.2) is 28.3 Å². The Morgan fingerprint density at radius 1 is 1.04 bits per heavy atom. The molecule has 25 heavy (non-hydrogen) atoms. The normalized spacial score (nSPS) is 10.6. The largest absolute Gasteiger partial charge is 0.352 e. The van der Waals surface area contributed by atoms with Crippen LogP contribution in [0.1, 0.15) is 51.5 Å². The van der Waals surface area contributed by atoms with Gasteiger partial charge >= 0.3 is 0 Å². The van der Waals surface area contributed by atoms with Gasteiger partial charge in [0.15, 0.2) is 0 Å². The van der Waals surface area contributed by atoms with Crippen LogP contribution in [0.15, 0.2) is 24.5 Å². The predicted octanol–water partition coefficient (Wildman–Crippen LogP) is 3.04. The monoisotopic (exact) mass is 340 g/mol. The quantitative estimate of drug-likeness (QED) is 0.876. The lowest BCUT2D eigenvalue weighted by molar-refractivity contribution is 0.0947. The molecular formula is C19H24N4O2. The van der Waals surface area contributed by atoms with E-state index in [-0.39, 0.29) is 11.8 Å². The molecule has 2 N–H and O–H groups in total. The first-order chi connectivity index (χ1) is 11.8. The van der Waals surface area contributed by atoms with E-state index in [1.54, 1.807) is 26.0 Å². The molecule has 1 aromatic heterocycles. The van der Waals surface area contributed by atoms with E-state index in [1.807, 2.05) is 26.8 Å². The maximum Gasteiger partial charge on any atom is 0.259 e. The number of benzene rings is 1. The first-order valence-electron chi connectivity index (χ1n) is 8.28. The van der Waals surface area contributed by atoms with Gasteiger partial charge in [-0.05, 0) is 44.4 Å². The fourth-order valence-corrected chi connectivity index (χ4v) is 2.40. The number of amides is 2. The maximum absolute atomic E-state index is 12.6. The van der Waals surface area contributed by atoms with Gasteiger partial charge in [0, 0.05) is 17.8 Å². The molecule has 6 heteroatoms. The summed E-state index contributed by atoms with van der Waals surface area (Å²) in [5, 5.41) is 5.75. The van der Waals surface area contributed by atoms with E-state index in [9.17, 15) is 9.59 Å². The maximum atomic E-state index is 12.6. The summed E-state index contributed by atoms with van der Waals surface area (Å²) < 4.78 is 0. The van der Waals surface area contributed by atoms with Gasteiger partial charge in [-0.1, -0.05) is 19.9 Å². The van der Waals surface area contributed by atoms with E-state index in [1.165, 1.54) is 6.33 Å². The van der Waals surface area contributed by atoms with Crippen LogP contribution in [0.2, 0.25) is 0 Å². The highest BCUT2D eigenvalue weighted by Gasteiger charge is 2.16. The molecule has 0 radical (unpaired) electrons. The molecule has 2 rings (SSSR count). The lowest BCUT2D eigenvalue weighted by Gasteiger charge is -2.13. The van der Waals surface area contributed by atoms with Crippen molar-refractivity contribution in [3.63, 3.8) is 0 Å². The molecule has 1 aromatic carbocycles. The second-order valence-corrected chi connectivity index (χ2v) is 6.51. The van der Waals surface area contributed by atoms with E-state index < -0.39 is 0 Å². The van der Waals surface area contributed by atoms with Gasteiger partial charge in [-0.2, -0.15) is 0 Å². The topological polar surface area (TPSA) is 84.0 Å². The first-order valence-corrected chi connectivity index (χ1v) is 8.28. The van der Waals surface area contributed by atoms with E-state index in [0.29, 0.717) is 40.7 Å². The van der Waals surface area contributed by atoms with Crippen LogP contribution in [0.3, 0.4) is 0 Å². The molecule has 2 amide bonds. The van der Waals surface area contributed by atoms with Gasteiger partial charge < -0.3 is 10.6 Å². The molecule has 132 valence electrons. The highest BCUT2D eigenvalue weighted by Crippen LogP contribution is 2.19. The van der Waals surface area contributed by atoms with Crippen LogP contribution < -0.4 is 10.6 Å². The van der Waals surface area contributed by atoms with Crippen molar-refractivity contribution in [1.82, 2.24) is 15.3 Å². The number of carbonyl (C=O) groups excluding carboxylic acids is 2. The molecule has 0 fully saturated rings. The average molecular weight is 340 g/mol. The zero-order chi connectivity index (χ0) is 18.6. The summed E-state index contributed by atoms with van der Waals surface area (Å²) in [6.45, 7) is 10.1. The van der Waals surface area contributed by atoms with Crippen molar-refractivity contribution < 1.29 is 9.59 Å². The summed E-state index contributed by atoms with van der Waals surface area (Å²) in [7, 11) is 0. The molecule has 0 spiro atoms. The molecule has 6 nitrogen and oxygen atoms in total. The number of hydrogen-bond acceptors (Lipinski definition) is 4. The van der Waals surface area contributed by atoms with E-state index >= 15 is 0 Å². The third-order valence-electron chi connectivity index (χ3n) is 3.87. The number of rotatable bonds is 5. The van der Waals surface area contributed by atoms with Gasteiger partial charge in [0.2, 0.25) is 0 Å². The summed E-state index contributed by atoms with van der Waals surface area (Å²) in [6, 6.07) is 5.27. The van der Waals surface area contributed by atoms with E-state index in [4.69, 9.17) is 0 Å². The molecule has 0 unspecified atom stereocenters. The van der Waals surface area contributed by atoms with Gasteiger partial charge in [0.05, 0.1) is 17.0 Å². The summed E-state index contributed by atoms with van der Waals surface area (Å²) in [6.07, 6.45) is 1.44. The Morgan fingerprint density at radius 3 is 2.28 bits per heavy atom. The number of anilines is 1. The second kappa shape index (κ2) is 7.88. The SMILES string of the molecule is Cc1ccc(C(=O)NCC(C)C)cc1NC(=O)c1c(C)ncnc1C. The van der Waals surface area contributed by atoms with Crippen LogP contribution in [0.25, 0.3) is 0 Å². The zero-order valence-corrected chi connectivity index (χ0v) is 15.3. The number of aromatic nitrogens is 2. The third-order valence-corrected chi connectivity index (χ3v) is 3.87. The lowest BCUT2D eigenvalue weighted by atomic mass is 10.1. The number of carbonyl (C=O) groups is 2. The smallest absolute Gasteiger partial charge is 0.259 e. The minimum absolute atomic E-state index is 0.153. The summed E-state index contributed by atoms with van der Waals surface area (Å²) in [5.74, 6) is -0.0596. The Balaban J connectivity index is 2.23. The van der Waals surface area contributed by atoms with Crippen LogP contribution in [0.4, 0.5) is 5.69 Å². The van der Waals surface area contributed by atoms with Crippen molar-refractivity contribution in [2.45, 2.75) is 34.6 Å². The first kappa shape index (κ1) is 18.6. The molecule has 0 saturated carbocycles. The molecule has 0 atom stereocenters. The Hall–Kier alpha value is -2.76. The van der Waals surface area contributed by atoms with Crippen molar-refractivity contribution in [1.29, 1.82) is 0 Å². The molecule has 2 aromatic rings. The lowest BCUT2D eigenvalue weighted by Crippen LogP contribution is -2.27. The zero-order valence-electron chi connectivity index (χ0n) is 15.3. The molecule has 0 saturated heterocycles. The minimum atomic E-state index is -0.279. The molecule has 0 aliphatic heterocycles. The van der Waals surface area contributed by atoms with Crippen molar-refractivity contribution in [3.05, 3.63) is 52.6 Å². The molecule has 0 bridgehead atoms. The van der Waals surface area contributed by atoms with E-state index in [2.05, 4.69) is 20.6 Å². The number of hydrogen-bond donors (Lipinski definition) is 2. The van der Waals surface area contributed by atoms with Gasteiger partial charge in [0.25, 0.3) is 11.8 Å². The van der Waals surface area contributed by atoms with Crippen LogP contribution in [0, 0.1) is 26.7 Å². The predicted molar refractivity (Wildman–Crippen MR) is 97.8 cm³/mol. The van der Waals surface area contributed by atoms with Gasteiger partial charge in [-0.25, -0.2) is 9.97 Å². The highest BCUT2D eigenvalue weighted by atomic mass is 16.2. The Kier molecular flexibility index (Phi) is 5.85. The minimum Gasteiger partial charge on any atom is -0.352 e. The number of nitrogens with zero attached hydrogens (tertiary/aromatic N) is 2. The van der Waals surface area contributed by atoms with Gasteiger partial charge in [-0.15, -0.1) is 0 Å². The number of nitrogens with one attached hydrogen (secondary N) is 2. The molecule has 0 aliphatic rings. The van der Waals surface area contributed by atoms with Crippen molar-refractivity contribution in [2.24, 2.45) is 5.92 Å². The average Bonchev–Trinajstić information content (AvgIpc) is 2.54. The van der Waals surface area contributed by atoms with Crippen LogP contribution in [-0.2, 0) is 0 Å². The fraction of sp³-hybridized carbons (Fsp3) is 0.368. The standard InChI is InChI=1S/C19H24N4O2/c1-11(2)9-20-18(24)15-7-6-12(3)16(8-15)23-19(25)17-13(4)21-10-22-14(17)5/h6-8,10-11H,9H2,1-5H3,(H,20,24)(H,23,25). The fourth-order valence-electron chi connectivity index (χ4n) is 2.40. The Bertz CT molecular complexity index is 780. The second-order valence-electron chi connectivity index (χ2n) is 6.51. The molecule has 0 aliphatic carbocycles. The highest BCUT2D eigenvalue weighted by molar-refractivity contribution is 6.06. The van der Waals surface area contributed by atoms with Gasteiger partial charge in [0.1, 0.15) is 6.33 Å². The van der Waals surface area contributed by atoms with Crippen molar-refractivity contribution in [3.8, 4) is 0 Å².